The molecule has 0 radical (unpaired) electrons. The van der Waals surface area contributed by atoms with E-state index < -0.39 is 34.5 Å². The lowest BCUT2D eigenvalue weighted by atomic mass is 9.90. The molecule has 9 heteroatoms. The Morgan fingerprint density at radius 1 is 0.358 bits per heavy atom. The topological polar surface area (TPSA) is 32.8 Å². The van der Waals surface area contributed by atoms with Gasteiger partial charge in [0, 0.05) is 53.8 Å². The molecule has 1 aliphatic heterocycles. The van der Waals surface area contributed by atoms with Crippen LogP contribution >= 0.6 is 11.8 Å². The van der Waals surface area contributed by atoms with E-state index >= 15 is 17.6 Å². The molecule has 320 valence electrons. The highest BCUT2D eigenvalue weighted by molar-refractivity contribution is 7.99. The van der Waals surface area contributed by atoms with Crippen molar-refractivity contribution in [2.24, 2.45) is 0 Å². The van der Waals surface area contributed by atoms with Crippen LogP contribution in [0, 0.1) is 23.3 Å². The summed E-state index contributed by atoms with van der Waals surface area (Å²) < 4.78 is 81.0. The van der Waals surface area contributed by atoms with Crippen LogP contribution in [0.15, 0.2) is 213 Å². The van der Waals surface area contributed by atoms with Crippen molar-refractivity contribution >= 4 is 101 Å². The molecule has 3 heterocycles. The van der Waals surface area contributed by atoms with Crippen LogP contribution in [0.25, 0.3) is 76.9 Å². The van der Waals surface area contributed by atoms with Crippen LogP contribution in [-0.2, 0) is 0 Å². The molecule has 1 aliphatic rings. The molecule has 12 aromatic rings. The van der Waals surface area contributed by atoms with Crippen molar-refractivity contribution in [2.45, 2.75) is 9.79 Å². The molecule has 10 aromatic carbocycles. The average Bonchev–Trinajstić information content (AvgIpc) is 3.95. The molecule has 0 saturated carbocycles. The van der Waals surface area contributed by atoms with Crippen molar-refractivity contribution in [1.29, 1.82) is 0 Å². The summed E-state index contributed by atoms with van der Waals surface area (Å²) in [6.07, 6.45) is 0. The molecule has 0 amide bonds. The maximum Gasteiger partial charge on any atom is 0.186 e. The van der Waals surface area contributed by atoms with Crippen LogP contribution in [0.3, 0.4) is 0 Å². The van der Waals surface area contributed by atoms with Gasteiger partial charge in [0.05, 0.1) is 16.9 Å². The molecule has 2 aromatic heterocycles. The van der Waals surface area contributed by atoms with E-state index in [0.717, 1.165) is 70.7 Å². The number of rotatable bonds is 7. The lowest BCUT2D eigenvalue weighted by molar-refractivity contribution is 0.461. The fourth-order valence-electron chi connectivity index (χ4n) is 9.82. The zero-order valence-corrected chi connectivity index (χ0v) is 35.9. The third kappa shape index (κ3) is 5.94. The second-order valence-corrected chi connectivity index (χ2v) is 17.5. The predicted octanol–water partition coefficient (Wildman–Crippen LogP) is 17.9. The first-order valence-corrected chi connectivity index (χ1v) is 22.5. The fraction of sp³-hybridized carbons (Fsp3) is 0. The quantitative estimate of drug-likeness (QED) is 0.118. The molecule has 0 atom stereocenters. The number of hydrogen-bond donors (Lipinski definition) is 0. The van der Waals surface area contributed by atoms with Gasteiger partial charge in [0.1, 0.15) is 16.9 Å². The summed E-state index contributed by atoms with van der Waals surface area (Å²) in [7, 11) is 0. The van der Waals surface area contributed by atoms with Gasteiger partial charge in [0.15, 0.2) is 34.4 Å². The average molecular weight is 897 g/mol. The van der Waals surface area contributed by atoms with E-state index in [0.29, 0.717) is 21.9 Å². The van der Waals surface area contributed by atoms with Gasteiger partial charge in [-0.3, -0.25) is 0 Å². The number of fused-ring (bicyclic) bond motifs is 8. The molecular formula is C58H32F4N2O2S. The molecule has 0 unspecified atom stereocenters. The maximum atomic E-state index is 17.1. The van der Waals surface area contributed by atoms with Crippen molar-refractivity contribution in [3.8, 4) is 22.3 Å². The lowest BCUT2D eigenvalue weighted by Gasteiger charge is -2.28. The first-order chi connectivity index (χ1) is 32.9. The molecule has 0 fully saturated rings. The molecule has 4 nitrogen and oxygen atoms in total. The van der Waals surface area contributed by atoms with Crippen molar-refractivity contribution in [3.63, 3.8) is 0 Å². The highest BCUT2D eigenvalue weighted by Gasteiger charge is 2.34. The summed E-state index contributed by atoms with van der Waals surface area (Å²) in [5.74, 6) is -6.11. The van der Waals surface area contributed by atoms with E-state index in [1.165, 1.54) is 16.7 Å². The SMILES string of the molecule is Fc1c(F)c(N(c2ccccc2)c2cccc3c2oc2ccccc23)c(F)c(F)c1-c1ccc2c3c(cccc13)Sc1cc(N(c3ccccc3)c3cccc4c3oc3ccccc34)ccc1-2. The molecule has 0 N–H and O–H groups in total. The Kier molecular flexibility index (Phi) is 8.85. The van der Waals surface area contributed by atoms with E-state index in [1.807, 2.05) is 78.9 Å². The van der Waals surface area contributed by atoms with Gasteiger partial charge in [-0.25, -0.2) is 17.6 Å². The number of para-hydroxylation sites is 6. The Bertz CT molecular complexity index is 3950. The first kappa shape index (κ1) is 39.1. The molecular weight excluding hydrogens is 865 g/mol. The van der Waals surface area contributed by atoms with Gasteiger partial charge in [-0.05, 0) is 88.8 Å². The molecule has 0 aliphatic carbocycles. The van der Waals surface area contributed by atoms with Gasteiger partial charge in [0.25, 0.3) is 0 Å². The number of halogens is 4. The number of nitrogens with zero attached hydrogens (tertiary/aromatic N) is 2. The van der Waals surface area contributed by atoms with E-state index in [2.05, 4.69) is 47.4 Å². The van der Waals surface area contributed by atoms with Gasteiger partial charge in [-0.15, -0.1) is 0 Å². The van der Waals surface area contributed by atoms with Crippen LogP contribution in [0.4, 0.5) is 51.7 Å². The number of benzene rings is 10. The van der Waals surface area contributed by atoms with Crippen LogP contribution in [0.1, 0.15) is 0 Å². The van der Waals surface area contributed by atoms with Crippen molar-refractivity contribution in [1.82, 2.24) is 0 Å². The van der Waals surface area contributed by atoms with Crippen molar-refractivity contribution < 1.29 is 26.4 Å². The van der Waals surface area contributed by atoms with Gasteiger partial charge in [-0.1, -0.05) is 139 Å². The fourth-order valence-corrected chi connectivity index (χ4v) is 11.0. The van der Waals surface area contributed by atoms with E-state index in [1.54, 1.807) is 72.8 Å². The maximum absolute atomic E-state index is 17.1. The zero-order valence-electron chi connectivity index (χ0n) is 35.1. The molecule has 0 bridgehead atoms. The first-order valence-electron chi connectivity index (χ1n) is 21.7. The minimum absolute atomic E-state index is 0.0282. The molecule has 0 spiro atoms. The lowest BCUT2D eigenvalue weighted by Crippen LogP contribution is -2.17. The minimum Gasteiger partial charge on any atom is -0.454 e. The summed E-state index contributed by atoms with van der Waals surface area (Å²) in [5, 5.41) is 4.69. The Morgan fingerprint density at radius 2 is 0.851 bits per heavy atom. The third-order valence-electron chi connectivity index (χ3n) is 12.7. The largest absolute Gasteiger partial charge is 0.454 e. The van der Waals surface area contributed by atoms with Gasteiger partial charge < -0.3 is 18.6 Å². The Balaban J connectivity index is 0.946. The second kappa shape index (κ2) is 15.2. The number of anilines is 6. The van der Waals surface area contributed by atoms with E-state index in [9.17, 15) is 0 Å². The van der Waals surface area contributed by atoms with E-state index in [4.69, 9.17) is 8.83 Å². The van der Waals surface area contributed by atoms with Crippen LogP contribution in [0.2, 0.25) is 0 Å². The van der Waals surface area contributed by atoms with Gasteiger partial charge in [0.2, 0.25) is 0 Å². The molecule has 13 rings (SSSR count). The minimum atomic E-state index is -1.54. The summed E-state index contributed by atoms with van der Waals surface area (Å²) in [4.78, 5) is 5.15. The van der Waals surface area contributed by atoms with E-state index in [-0.39, 0.29) is 16.9 Å². The van der Waals surface area contributed by atoms with Gasteiger partial charge in [-0.2, -0.15) is 0 Å². The predicted molar refractivity (Wildman–Crippen MR) is 263 cm³/mol. The summed E-state index contributed by atoms with van der Waals surface area (Å²) in [6.45, 7) is 0. The Labute approximate surface area is 384 Å². The van der Waals surface area contributed by atoms with Crippen molar-refractivity contribution in [2.75, 3.05) is 9.80 Å². The highest BCUT2D eigenvalue weighted by atomic mass is 32.2. The van der Waals surface area contributed by atoms with Crippen LogP contribution in [-0.4, -0.2) is 0 Å². The van der Waals surface area contributed by atoms with Crippen molar-refractivity contribution in [3.05, 3.63) is 217 Å². The standard InChI is InChI=1S/C58H32F4N2O2S/c59-52-51(53(60)55(62)56(54(52)61)64(34-16-5-2-6-17-34)45-24-12-22-43-37-19-8-10-26-47(37)66-58(43)45)41-31-30-40-38-29-28-35(32-49(38)67-48-27-13-20-39(41)50(40)48)63(33-14-3-1-4-15-33)44-23-11-21-42-36-18-7-9-25-46(36)65-57(42)44/h1-32H. The monoisotopic (exact) mass is 896 g/mol. The second-order valence-electron chi connectivity index (χ2n) is 16.4. The number of furan rings is 2. The summed E-state index contributed by atoms with van der Waals surface area (Å²) in [6, 6.07) is 60.2. The third-order valence-corrected chi connectivity index (χ3v) is 13.9. The summed E-state index contributed by atoms with van der Waals surface area (Å²) in [5.41, 5.74) is 5.70. The van der Waals surface area contributed by atoms with Crippen LogP contribution in [0.5, 0.6) is 0 Å². The Morgan fingerprint density at radius 3 is 1.48 bits per heavy atom. The smallest absolute Gasteiger partial charge is 0.186 e. The highest BCUT2D eigenvalue weighted by Crippen LogP contribution is 2.53. The van der Waals surface area contributed by atoms with Crippen LogP contribution < -0.4 is 9.80 Å². The normalized spacial score (nSPS) is 12.1. The molecule has 0 saturated heterocycles. The van der Waals surface area contributed by atoms with Gasteiger partial charge >= 0.3 is 0 Å². The Hall–Kier alpha value is -8.27. The molecule has 67 heavy (non-hydrogen) atoms. The number of hydrogen-bond acceptors (Lipinski definition) is 5. The summed E-state index contributed by atoms with van der Waals surface area (Å²) >= 11 is 1.53. The zero-order chi connectivity index (χ0) is 44.9.